The van der Waals surface area contributed by atoms with Crippen LogP contribution in [0.4, 0.5) is 9.52 Å². The molecule has 7 rings (SSSR count). The van der Waals surface area contributed by atoms with Gasteiger partial charge in [-0.3, -0.25) is 0 Å². The number of hydrogen-bond donors (Lipinski definition) is 1. The molecule has 1 aliphatic carbocycles. The Morgan fingerprint density at radius 1 is 1.18 bits per heavy atom. The van der Waals surface area contributed by atoms with E-state index in [9.17, 15) is 14.3 Å². The van der Waals surface area contributed by atoms with Crippen LogP contribution in [0.5, 0.6) is 5.75 Å². The van der Waals surface area contributed by atoms with Crippen molar-refractivity contribution < 1.29 is 28.3 Å². The molecule has 0 amide bonds. The minimum Gasteiger partial charge on any atom is -0.494 e. The summed E-state index contributed by atoms with van der Waals surface area (Å²) < 4.78 is 32.5. The number of hydrogen-bond acceptors (Lipinski definition) is 8. The van der Waals surface area contributed by atoms with Crippen molar-refractivity contribution in [3.05, 3.63) is 59.1 Å². The van der Waals surface area contributed by atoms with Crippen LogP contribution in [0.25, 0.3) is 21.5 Å². The number of carboxylic acids is 1. The second kappa shape index (κ2) is 9.60. The first-order chi connectivity index (χ1) is 19.0. The van der Waals surface area contributed by atoms with Crippen LogP contribution in [0, 0.1) is 5.82 Å². The Balaban J connectivity index is 1.10. The maximum absolute atomic E-state index is 13.9. The van der Waals surface area contributed by atoms with Crippen molar-refractivity contribution >= 4 is 32.7 Å². The summed E-state index contributed by atoms with van der Waals surface area (Å²) in [6, 6.07) is 10.3. The van der Waals surface area contributed by atoms with Crippen molar-refractivity contribution in [3.63, 3.8) is 0 Å². The molecule has 2 saturated heterocycles. The molecular formula is C29H28FN3O5S. The zero-order chi connectivity index (χ0) is 26.7. The van der Waals surface area contributed by atoms with E-state index in [1.807, 2.05) is 6.07 Å². The molecule has 1 N–H and O–H groups in total. The van der Waals surface area contributed by atoms with Gasteiger partial charge in [0.25, 0.3) is 0 Å². The maximum Gasteiger partial charge on any atom is 0.335 e. The van der Waals surface area contributed by atoms with Gasteiger partial charge in [-0.1, -0.05) is 28.6 Å². The van der Waals surface area contributed by atoms with Gasteiger partial charge in [-0.15, -0.1) is 0 Å². The van der Waals surface area contributed by atoms with Crippen LogP contribution in [-0.4, -0.2) is 46.5 Å². The Morgan fingerprint density at radius 3 is 2.67 bits per heavy atom. The highest BCUT2D eigenvalue weighted by Gasteiger charge is 2.43. The third-order valence-corrected chi connectivity index (χ3v) is 9.17. The Labute approximate surface area is 228 Å². The maximum atomic E-state index is 13.9. The summed E-state index contributed by atoms with van der Waals surface area (Å²) >= 11 is 1.52. The van der Waals surface area contributed by atoms with Gasteiger partial charge in [-0.2, -0.15) is 0 Å². The van der Waals surface area contributed by atoms with Crippen LogP contribution in [0.2, 0.25) is 0 Å². The Bertz CT molecular complexity index is 1550. The van der Waals surface area contributed by atoms with Crippen molar-refractivity contribution in [1.29, 1.82) is 0 Å². The Kier molecular flexibility index (Phi) is 6.04. The molecule has 4 heterocycles. The highest BCUT2D eigenvalue weighted by molar-refractivity contribution is 7.22. The largest absolute Gasteiger partial charge is 0.494 e. The SMILES string of the molecule is COc1cc(C(=O)O)cc2sc(N3C4CC[C@H]3CC(OCc3c(-c5cccc(F)c5)noc3C3CC3)C4)nc12. The normalized spacial score (nSPS) is 22.5. The second-order valence-electron chi connectivity index (χ2n) is 10.7. The minimum atomic E-state index is -0.985. The van der Waals surface area contributed by atoms with Gasteiger partial charge in [0, 0.05) is 29.1 Å². The summed E-state index contributed by atoms with van der Waals surface area (Å²) in [5.74, 6) is 0.438. The van der Waals surface area contributed by atoms with E-state index in [-0.39, 0.29) is 17.5 Å². The lowest BCUT2D eigenvalue weighted by Crippen LogP contribution is -2.45. The van der Waals surface area contributed by atoms with E-state index < -0.39 is 5.97 Å². The smallest absolute Gasteiger partial charge is 0.335 e. The molecule has 1 saturated carbocycles. The average Bonchev–Trinajstić information content (AvgIpc) is 3.44. The van der Waals surface area contributed by atoms with Crippen molar-refractivity contribution in [2.24, 2.45) is 0 Å². The highest BCUT2D eigenvalue weighted by Crippen LogP contribution is 2.46. The zero-order valence-electron chi connectivity index (χ0n) is 21.4. The number of carboxylic acid groups (broad SMARTS) is 1. The zero-order valence-corrected chi connectivity index (χ0v) is 22.2. The van der Waals surface area contributed by atoms with Crippen molar-refractivity contribution in [2.75, 3.05) is 12.0 Å². The number of benzene rings is 2. The highest BCUT2D eigenvalue weighted by atomic mass is 32.1. The van der Waals surface area contributed by atoms with E-state index in [1.54, 1.807) is 12.1 Å². The number of ether oxygens (including phenoxy) is 2. The Hall–Kier alpha value is -3.50. The summed E-state index contributed by atoms with van der Waals surface area (Å²) in [7, 11) is 1.54. The molecule has 10 heteroatoms. The second-order valence-corrected chi connectivity index (χ2v) is 11.7. The number of nitrogens with zero attached hydrogens (tertiary/aromatic N) is 3. The predicted octanol–water partition coefficient (Wildman–Crippen LogP) is 6.39. The number of anilines is 1. The predicted molar refractivity (Wildman–Crippen MR) is 144 cm³/mol. The lowest BCUT2D eigenvalue weighted by molar-refractivity contribution is 0.0147. The van der Waals surface area contributed by atoms with Gasteiger partial charge in [0.1, 0.15) is 28.5 Å². The van der Waals surface area contributed by atoms with E-state index in [2.05, 4.69) is 10.1 Å². The summed E-state index contributed by atoms with van der Waals surface area (Å²) in [5.41, 5.74) is 3.20. The molecule has 2 unspecified atom stereocenters. The van der Waals surface area contributed by atoms with Gasteiger partial charge >= 0.3 is 5.97 Å². The first-order valence-electron chi connectivity index (χ1n) is 13.3. The molecule has 3 atom stereocenters. The van der Waals surface area contributed by atoms with E-state index in [4.69, 9.17) is 19.0 Å². The van der Waals surface area contributed by atoms with Crippen LogP contribution in [0.3, 0.4) is 0 Å². The quantitative estimate of drug-likeness (QED) is 0.270. The molecular weight excluding hydrogens is 521 g/mol. The van der Waals surface area contributed by atoms with Crippen molar-refractivity contribution in [3.8, 4) is 17.0 Å². The van der Waals surface area contributed by atoms with Gasteiger partial charge in [-0.25, -0.2) is 14.2 Å². The number of aromatic carboxylic acids is 1. The molecule has 2 aliphatic heterocycles. The molecule has 3 aliphatic rings. The number of thiazole rings is 1. The molecule has 2 aromatic heterocycles. The summed E-state index contributed by atoms with van der Waals surface area (Å²) in [6.45, 7) is 0.390. The fourth-order valence-corrected chi connectivity index (χ4v) is 7.31. The van der Waals surface area contributed by atoms with Crippen molar-refractivity contribution in [1.82, 2.24) is 10.1 Å². The number of rotatable bonds is 8. The summed E-state index contributed by atoms with van der Waals surface area (Å²) in [6.07, 6.45) is 6.12. The molecule has 8 nitrogen and oxygen atoms in total. The van der Waals surface area contributed by atoms with Gasteiger partial charge in [0.05, 0.1) is 30.1 Å². The fraction of sp³-hybridized carbons (Fsp3) is 0.414. The molecule has 0 spiro atoms. The molecule has 2 bridgehead atoms. The average molecular weight is 550 g/mol. The lowest BCUT2D eigenvalue weighted by atomic mass is 10.00. The number of halogens is 1. The van der Waals surface area contributed by atoms with E-state index >= 15 is 0 Å². The van der Waals surface area contributed by atoms with E-state index in [0.717, 1.165) is 59.7 Å². The number of carbonyl (C=O) groups is 1. The van der Waals surface area contributed by atoms with E-state index in [1.165, 1.54) is 36.6 Å². The number of methoxy groups -OCH3 is 1. The molecule has 202 valence electrons. The third kappa shape index (κ3) is 4.45. The van der Waals surface area contributed by atoms with E-state index in [0.29, 0.717) is 47.1 Å². The fourth-order valence-electron chi connectivity index (χ4n) is 6.14. The number of piperidine rings is 1. The topological polar surface area (TPSA) is 97.9 Å². The molecule has 4 aromatic rings. The van der Waals surface area contributed by atoms with Crippen LogP contribution >= 0.6 is 11.3 Å². The lowest BCUT2D eigenvalue weighted by Gasteiger charge is -2.38. The summed E-state index contributed by atoms with van der Waals surface area (Å²) in [5, 5.41) is 14.7. The monoisotopic (exact) mass is 549 g/mol. The van der Waals surface area contributed by atoms with Crippen LogP contribution in [0.1, 0.15) is 66.1 Å². The van der Waals surface area contributed by atoms with Crippen molar-refractivity contribution in [2.45, 2.75) is 69.2 Å². The molecule has 39 heavy (non-hydrogen) atoms. The number of aromatic nitrogens is 2. The van der Waals surface area contributed by atoms with Gasteiger partial charge in [-0.05, 0) is 62.8 Å². The van der Waals surface area contributed by atoms with Crippen LogP contribution in [0.15, 0.2) is 40.9 Å². The van der Waals surface area contributed by atoms with Gasteiger partial charge in [0.15, 0.2) is 5.13 Å². The van der Waals surface area contributed by atoms with Gasteiger partial charge in [0.2, 0.25) is 0 Å². The van der Waals surface area contributed by atoms with Crippen LogP contribution < -0.4 is 9.64 Å². The van der Waals surface area contributed by atoms with Crippen LogP contribution in [-0.2, 0) is 11.3 Å². The first kappa shape index (κ1) is 24.5. The first-order valence-corrected chi connectivity index (χ1v) is 14.2. The standard InChI is InChI=1S/C29H28FN3O5S/c1-36-23-10-17(28(34)35)11-24-26(23)31-29(39-24)33-19-7-8-20(33)13-21(12-19)37-14-22-25(16-3-2-4-18(30)9-16)32-38-27(22)15-5-6-15/h2-4,9-11,15,19-21H,5-8,12-14H2,1H3,(H,34,35)/t19-,20?,21?/m0/s1. The Morgan fingerprint density at radius 2 is 1.97 bits per heavy atom. The summed E-state index contributed by atoms with van der Waals surface area (Å²) in [4.78, 5) is 18.9. The third-order valence-electron chi connectivity index (χ3n) is 8.15. The molecule has 2 aromatic carbocycles. The number of fused-ring (bicyclic) bond motifs is 3. The molecule has 3 fully saturated rings. The molecule has 0 radical (unpaired) electrons. The minimum absolute atomic E-state index is 0.0867. The van der Waals surface area contributed by atoms with Gasteiger partial charge < -0.3 is 24.0 Å².